The van der Waals surface area contributed by atoms with E-state index in [4.69, 9.17) is 4.52 Å². The van der Waals surface area contributed by atoms with Gasteiger partial charge >= 0.3 is 0 Å². The van der Waals surface area contributed by atoms with Gasteiger partial charge in [0.15, 0.2) is 11.8 Å². The normalized spacial score (nSPS) is 12.0. The third kappa shape index (κ3) is 6.93. The number of nitrogens with zero attached hydrogens (tertiary/aromatic N) is 3. The van der Waals surface area contributed by atoms with Crippen LogP contribution in [-0.4, -0.2) is 22.6 Å². The van der Waals surface area contributed by atoms with Gasteiger partial charge in [-0.3, -0.25) is 0 Å². The number of nitrogens with one attached hydrogen (secondary N) is 2. The van der Waals surface area contributed by atoms with Crippen molar-refractivity contribution in [1.29, 1.82) is 0 Å². The van der Waals surface area contributed by atoms with E-state index in [2.05, 4.69) is 44.8 Å². The molecule has 140 valence electrons. The van der Waals surface area contributed by atoms with E-state index in [0.29, 0.717) is 18.3 Å². The molecule has 0 aromatic carbocycles. The largest absolute Gasteiger partial charge is 0.357 e. The van der Waals surface area contributed by atoms with Crippen LogP contribution in [0.2, 0.25) is 0 Å². The van der Waals surface area contributed by atoms with E-state index >= 15 is 0 Å². The summed E-state index contributed by atoms with van der Waals surface area (Å²) in [7, 11) is 0. The summed E-state index contributed by atoms with van der Waals surface area (Å²) >= 11 is 1.83. The quantitative estimate of drug-likeness (QED) is 0.376. The van der Waals surface area contributed by atoms with Gasteiger partial charge in [0, 0.05) is 21.7 Å². The minimum absolute atomic E-state index is 0. The highest BCUT2D eigenvalue weighted by molar-refractivity contribution is 14.0. The number of aromatic nitrogens is 2. The molecule has 2 rings (SSSR count). The summed E-state index contributed by atoms with van der Waals surface area (Å²) in [5.41, 5.74) is -0.145. The van der Waals surface area contributed by atoms with E-state index < -0.39 is 0 Å². The van der Waals surface area contributed by atoms with Crippen molar-refractivity contribution < 1.29 is 4.52 Å². The predicted molar refractivity (Wildman–Crippen MR) is 114 cm³/mol. The average molecular weight is 477 g/mol. The molecule has 0 aliphatic rings. The van der Waals surface area contributed by atoms with Crippen LogP contribution in [0.4, 0.5) is 0 Å². The van der Waals surface area contributed by atoms with Crippen molar-refractivity contribution in [3.8, 4) is 0 Å². The summed E-state index contributed by atoms with van der Waals surface area (Å²) in [6.45, 7) is 12.3. The van der Waals surface area contributed by atoms with Crippen LogP contribution in [0.3, 0.4) is 0 Å². The van der Waals surface area contributed by atoms with Crippen molar-refractivity contribution in [3.05, 3.63) is 33.6 Å². The number of hydrogen-bond donors (Lipinski definition) is 2. The topological polar surface area (TPSA) is 75.3 Å². The predicted octanol–water partition coefficient (Wildman–Crippen LogP) is 3.86. The third-order valence-electron chi connectivity index (χ3n) is 3.33. The number of halogens is 1. The molecule has 0 atom stereocenters. The zero-order valence-electron chi connectivity index (χ0n) is 15.5. The van der Waals surface area contributed by atoms with Crippen molar-refractivity contribution in [3.63, 3.8) is 0 Å². The fourth-order valence-electron chi connectivity index (χ4n) is 1.99. The van der Waals surface area contributed by atoms with E-state index in [1.54, 1.807) is 0 Å². The Balaban J connectivity index is 0.00000312. The van der Waals surface area contributed by atoms with E-state index in [9.17, 15) is 0 Å². The number of hydrogen-bond acceptors (Lipinski definition) is 5. The maximum atomic E-state index is 5.30. The Kier molecular flexibility index (Phi) is 8.84. The van der Waals surface area contributed by atoms with Gasteiger partial charge in [-0.25, -0.2) is 4.99 Å². The molecule has 2 N–H and O–H groups in total. The molecule has 0 aliphatic heterocycles. The van der Waals surface area contributed by atoms with Crippen molar-refractivity contribution >= 4 is 41.3 Å². The van der Waals surface area contributed by atoms with Gasteiger partial charge in [0.05, 0.1) is 6.54 Å². The molecular formula is C17H28IN5OS. The standard InChI is InChI=1S/C17H27N5OS.HI/c1-6-12-8-9-13(24-12)10-19-16(18-7-2)20-11-14-21-15(23-22-14)17(3,4)5;/h8-9H,6-7,10-11H2,1-5H3,(H2,18,19,20);1H. The maximum Gasteiger partial charge on any atom is 0.232 e. The Morgan fingerprint density at radius 3 is 2.48 bits per heavy atom. The molecule has 0 spiro atoms. The van der Waals surface area contributed by atoms with E-state index in [1.165, 1.54) is 9.75 Å². The molecule has 8 heteroatoms. The van der Waals surface area contributed by atoms with Gasteiger partial charge in [-0.1, -0.05) is 32.9 Å². The summed E-state index contributed by atoms with van der Waals surface area (Å²) in [5, 5.41) is 10.6. The molecule has 2 aromatic rings. The lowest BCUT2D eigenvalue weighted by Crippen LogP contribution is -2.36. The Morgan fingerprint density at radius 1 is 1.20 bits per heavy atom. The highest BCUT2D eigenvalue weighted by Gasteiger charge is 2.21. The lowest BCUT2D eigenvalue weighted by molar-refractivity contribution is 0.318. The second-order valence-corrected chi connectivity index (χ2v) is 7.79. The van der Waals surface area contributed by atoms with Crippen LogP contribution in [0, 0.1) is 0 Å². The van der Waals surface area contributed by atoms with Crippen molar-refractivity contribution in [1.82, 2.24) is 20.8 Å². The molecule has 0 bridgehead atoms. The van der Waals surface area contributed by atoms with Gasteiger partial charge in [0.25, 0.3) is 0 Å². The van der Waals surface area contributed by atoms with E-state index in [1.807, 2.05) is 39.0 Å². The first-order valence-electron chi connectivity index (χ1n) is 8.35. The molecule has 0 fully saturated rings. The minimum atomic E-state index is -0.145. The molecular weight excluding hydrogens is 449 g/mol. The molecule has 0 unspecified atom stereocenters. The van der Waals surface area contributed by atoms with Crippen molar-refractivity contribution in [2.75, 3.05) is 6.54 Å². The zero-order valence-corrected chi connectivity index (χ0v) is 18.7. The Bertz CT molecular complexity index is 675. The number of guanidine groups is 1. The van der Waals surface area contributed by atoms with Crippen molar-refractivity contribution in [2.45, 2.75) is 59.5 Å². The third-order valence-corrected chi connectivity index (χ3v) is 4.56. The molecule has 0 amide bonds. The number of aryl methyl sites for hydroxylation is 1. The van der Waals surface area contributed by atoms with Crippen LogP contribution in [0.25, 0.3) is 0 Å². The first-order chi connectivity index (χ1) is 11.4. The van der Waals surface area contributed by atoms with Crippen LogP contribution in [0.5, 0.6) is 0 Å². The summed E-state index contributed by atoms with van der Waals surface area (Å²) < 4.78 is 5.30. The second-order valence-electron chi connectivity index (χ2n) is 6.54. The van der Waals surface area contributed by atoms with Crippen LogP contribution in [0.15, 0.2) is 21.6 Å². The Morgan fingerprint density at radius 2 is 1.92 bits per heavy atom. The highest BCUT2D eigenvalue weighted by atomic mass is 127. The molecule has 2 aromatic heterocycles. The van der Waals surface area contributed by atoms with Crippen LogP contribution < -0.4 is 10.6 Å². The van der Waals surface area contributed by atoms with E-state index in [-0.39, 0.29) is 29.4 Å². The van der Waals surface area contributed by atoms with Crippen LogP contribution in [-0.2, 0) is 24.9 Å². The summed E-state index contributed by atoms with van der Waals surface area (Å²) in [5.74, 6) is 1.99. The van der Waals surface area contributed by atoms with E-state index in [0.717, 1.165) is 25.5 Å². The summed E-state index contributed by atoms with van der Waals surface area (Å²) in [4.78, 5) is 11.6. The molecule has 0 saturated carbocycles. The first kappa shape index (κ1) is 21.9. The molecule has 0 radical (unpaired) electrons. The van der Waals surface area contributed by atoms with Crippen molar-refractivity contribution in [2.24, 2.45) is 4.99 Å². The smallest absolute Gasteiger partial charge is 0.232 e. The van der Waals surface area contributed by atoms with Gasteiger partial charge in [-0.15, -0.1) is 35.3 Å². The SMILES string of the molecule is CCNC(=NCc1noc(C(C)(C)C)n1)NCc1ccc(CC)s1.I. The molecule has 2 heterocycles. The molecule has 6 nitrogen and oxygen atoms in total. The van der Waals surface area contributed by atoms with Gasteiger partial charge in [0.1, 0.15) is 6.54 Å². The Labute approximate surface area is 170 Å². The zero-order chi connectivity index (χ0) is 17.6. The lowest BCUT2D eigenvalue weighted by atomic mass is 9.97. The molecule has 0 aliphatic carbocycles. The monoisotopic (exact) mass is 477 g/mol. The fourth-order valence-corrected chi connectivity index (χ4v) is 2.89. The maximum absolute atomic E-state index is 5.30. The van der Waals surface area contributed by atoms with Gasteiger partial charge in [-0.05, 0) is 25.5 Å². The number of thiophene rings is 1. The van der Waals surface area contributed by atoms with Crippen LogP contribution in [0.1, 0.15) is 56.1 Å². The molecule has 0 saturated heterocycles. The fraction of sp³-hybridized carbons (Fsp3) is 0.588. The summed E-state index contributed by atoms with van der Waals surface area (Å²) in [6.07, 6.45) is 1.08. The minimum Gasteiger partial charge on any atom is -0.357 e. The van der Waals surface area contributed by atoms with Gasteiger partial charge in [-0.2, -0.15) is 4.98 Å². The van der Waals surface area contributed by atoms with Gasteiger partial charge < -0.3 is 15.2 Å². The number of rotatable bonds is 6. The van der Waals surface area contributed by atoms with Crippen LogP contribution >= 0.6 is 35.3 Å². The average Bonchev–Trinajstić information content (AvgIpc) is 3.18. The first-order valence-corrected chi connectivity index (χ1v) is 9.16. The summed E-state index contributed by atoms with van der Waals surface area (Å²) in [6, 6.07) is 4.34. The Hall–Kier alpha value is -1.16. The number of aliphatic imine (C=N–C) groups is 1. The second kappa shape index (κ2) is 10.1. The highest BCUT2D eigenvalue weighted by Crippen LogP contribution is 2.19. The van der Waals surface area contributed by atoms with Gasteiger partial charge in [0.2, 0.25) is 5.89 Å². The lowest BCUT2D eigenvalue weighted by Gasteiger charge is -2.10. The molecule has 25 heavy (non-hydrogen) atoms.